The minimum absolute atomic E-state index is 0.400. The Morgan fingerprint density at radius 3 is 3.00 bits per heavy atom. The van der Waals surface area contributed by atoms with Crippen LogP contribution in [0, 0.1) is 0 Å². The van der Waals surface area contributed by atoms with Crippen molar-refractivity contribution in [1.29, 1.82) is 0 Å². The molecule has 0 bridgehead atoms. The van der Waals surface area contributed by atoms with E-state index in [1.54, 1.807) is 6.33 Å². The van der Waals surface area contributed by atoms with Crippen LogP contribution in [0.15, 0.2) is 11.4 Å². The van der Waals surface area contributed by atoms with Crippen molar-refractivity contribution in [3.05, 3.63) is 11.9 Å². The predicted octanol–water partition coefficient (Wildman–Crippen LogP) is 3.13. The molecule has 1 aromatic heterocycles. The van der Waals surface area contributed by atoms with E-state index in [1.165, 1.54) is 18.4 Å². The van der Waals surface area contributed by atoms with Gasteiger partial charge in [0.25, 0.3) is 0 Å². The first-order valence-electron chi connectivity index (χ1n) is 7.17. The molecule has 0 spiro atoms. The van der Waals surface area contributed by atoms with Gasteiger partial charge in [0, 0.05) is 24.5 Å². The molecule has 1 atom stereocenters. The summed E-state index contributed by atoms with van der Waals surface area (Å²) in [5.74, 6) is 1.99. The molecule has 2 heterocycles. The highest BCUT2D eigenvalue weighted by Crippen LogP contribution is 2.28. The molecule has 1 fully saturated rings. The lowest BCUT2D eigenvalue weighted by Gasteiger charge is -2.14. The maximum absolute atomic E-state index is 5.67. The second-order valence-electron chi connectivity index (χ2n) is 4.73. The fraction of sp³-hybridized carbons (Fsp3) is 0.714. The van der Waals surface area contributed by atoms with E-state index in [0.29, 0.717) is 6.10 Å². The summed E-state index contributed by atoms with van der Waals surface area (Å²) in [7, 11) is 0. The quantitative estimate of drug-likeness (QED) is 0.614. The van der Waals surface area contributed by atoms with Gasteiger partial charge >= 0.3 is 0 Å². The molecule has 4 nitrogen and oxygen atoms in total. The SMILES string of the molecule is CCCc1c(NCC)ncnc1SCC1CCCO1. The Hall–Kier alpha value is -0.810. The fourth-order valence-corrected chi connectivity index (χ4v) is 3.36. The molecule has 0 radical (unpaired) electrons. The number of ether oxygens (including phenoxy) is 1. The summed E-state index contributed by atoms with van der Waals surface area (Å²) in [5, 5.41) is 4.45. The second kappa shape index (κ2) is 7.70. The molecule has 0 aromatic carbocycles. The van der Waals surface area contributed by atoms with Crippen molar-refractivity contribution in [2.45, 2.75) is 50.7 Å². The maximum atomic E-state index is 5.67. The van der Waals surface area contributed by atoms with E-state index in [0.717, 1.165) is 42.6 Å². The van der Waals surface area contributed by atoms with Crippen LogP contribution in [-0.4, -0.2) is 35.0 Å². The third kappa shape index (κ3) is 4.08. The molecule has 1 N–H and O–H groups in total. The molecule has 0 aliphatic carbocycles. The van der Waals surface area contributed by atoms with Gasteiger partial charge in [0.15, 0.2) is 0 Å². The summed E-state index contributed by atoms with van der Waals surface area (Å²) < 4.78 is 5.67. The van der Waals surface area contributed by atoms with Gasteiger partial charge in [-0.2, -0.15) is 0 Å². The Balaban J connectivity index is 2.06. The van der Waals surface area contributed by atoms with Gasteiger partial charge in [-0.15, -0.1) is 11.8 Å². The molecule has 1 aliphatic heterocycles. The first kappa shape index (κ1) is 14.6. The molecule has 0 amide bonds. The molecule has 1 aromatic rings. The lowest BCUT2D eigenvalue weighted by Crippen LogP contribution is -2.10. The van der Waals surface area contributed by atoms with Crippen molar-refractivity contribution < 1.29 is 4.74 Å². The summed E-state index contributed by atoms with van der Waals surface area (Å²) in [6.45, 7) is 6.09. The molecule has 0 saturated carbocycles. The zero-order chi connectivity index (χ0) is 13.5. The number of nitrogens with one attached hydrogen (secondary N) is 1. The fourth-order valence-electron chi connectivity index (χ4n) is 2.26. The monoisotopic (exact) mass is 281 g/mol. The highest BCUT2D eigenvalue weighted by atomic mass is 32.2. The van der Waals surface area contributed by atoms with Crippen LogP contribution in [0.25, 0.3) is 0 Å². The molecule has 19 heavy (non-hydrogen) atoms. The first-order valence-corrected chi connectivity index (χ1v) is 8.15. The number of rotatable bonds is 7. The lowest BCUT2D eigenvalue weighted by atomic mass is 10.2. The number of nitrogens with zero attached hydrogens (tertiary/aromatic N) is 2. The van der Waals surface area contributed by atoms with Gasteiger partial charge in [-0.05, 0) is 26.2 Å². The molecule has 1 aliphatic rings. The minimum atomic E-state index is 0.400. The standard InChI is InChI=1S/C14H23N3OS/c1-3-6-12-13(15-4-2)16-10-17-14(12)19-9-11-7-5-8-18-11/h10-11H,3-9H2,1-2H3,(H,15,16,17). The van der Waals surface area contributed by atoms with Crippen LogP contribution in [0.4, 0.5) is 5.82 Å². The van der Waals surface area contributed by atoms with Gasteiger partial charge in [-0.1, -0.05) is 13.3 Å². The third-order valence-corrected chi connectivity index (χ3v) is 4.34. The van der Waals surface area contributed by atoms with E-state index in [2.05, 4.69) is 29.1 Å². The van der Waals surface area contributed by atoms with Crippen molar-refractivity contribution in [1.82, 2.24) is 9.97 Å². The maximum Gasteiger partial charge on any atom is 0.133 e. The van der Waals surface area contributed by atoms with Crippen molar-refractivity contribution in [2.75, 3.05) is 24.2 Å². The summed E-state index contributed by atoms with van der Waals surface area (Å²) >= 11 is 1.81. The summed E-state index contributed by atoms with van der Waals surface area (Å²) in [5.41, 5.74) is 1.26. The summed E-state index contributed by atoms with van der Waals surface area (Å²) in [6.07, 6.45) is 6.57. The Morgan fingerprint density at radius 1 is 1.42 bits per heavy atom. The van der Waals surface area contributed by atoms with Crippen molar-refractivity contribution in [3.8, 4) is 0 Å². The van der Waals surface area contributed by atoms with Crippen LogP contribution in [-0.2, 0) is 11.2 Å². The van der Waals surface area contributed by atoms with Gasteiger partial charge in [-0.3, -0.25) is 0 Å². The van der Waals surface area contributed by atoms with Crippen LogP contribution in [0.5, 0.6) is 0 Å². The summed E-state index contributed by atoms with van der Waals surface area (Å²) in [6, 6.07) is 0. The van der Waals surface area contributed by atoms with E-state index < -0.39 is 0 Å². The number of hydrogen-bond acceptors (Lipinski definition) is 5. The zero-order valence-electron chi connectivity index (χ0n) is 11.8. The Bertz CT molecular complexity index is 394. The molecule has 2 rings (SSSR count). The lowest BCUT2D eigenvalue weighted by molar-refractivity contribution is 0.129. The van der Waals surface area contributed by atoms with E-state index in [9.17, 15) is 0 Å². The normalized spacial score (nSPS) is 18.7. The van der Waals surface area contributed by atoms with Crippen LogP contribution < -0.4 is 5.32 Å². The van der Waals surface area contributed by atoms with Crippen LogP contribution in [0.1, 0.15) is 38.7 Å². The number of anilines is 1. The van der Waals surface area contributed by atoms with E-state index in [4.69, 9.17) is 4.74 Å². The molecule has 5 heteroatoms. The Kier molecular flexibility index (Phi) is 5.92. The Labute approximate surface area is 119 Å². The molecular weight excluding hydrogens is 258 g/mol. The van der Waals surface area contributed by atoms with Gasteiger partial charge in [-0.25, -0.2) is 9.97 Å². The molecular formula is C14H23N3OS. The van der Waals surface area contributed by atoms with E-state index in [-0.39, 0.29) is 0 Å². The second-order valence-corrected chi connectivity index (χ2v) is 5.74. The zero-order valence-corrected chi connectivity index (χ0v) is 12.6. The molecule has 1 saturated heterocycles. The Morgan fingerprint density at radius 2 is 2.32 bits per heavy atom. The first-order chi connectivity index (χ1) is 9.35. The van der Waals surface area contributed by atoms with Crippen LogP contribution in [0.2, 0.25) is 0 Å². The topological polar surface area (TPSA) is 47.0 Å². The van der Waals surface area contributed by atoms with E-state index >= 15 is 0 Å². The summed E-state index contributed by atoms with van der Waals surface area (Å²) in [4.78, 5) is 8.82. The van der Waals surface area contributed by atoms with Crippen LogP contribution >= 0.6 is 11.8 Å². The largest absolute Gasteiger partial charge is 0.377 e. The highest BCUT2D eigenvalue weighted by Gasteiger charge is 2.18. The van der Waals surface area contributed by atoms with E-state index in [1.807, 2.05) is 11.8 Å². The average Bonchev–Trinajstić information content (AvgIpc) is 2.93. The highest BCUT2D eigenvalue weighted by molar-refractivity contribution is 7.99. The molecule has 106 valence electrons. The number of thioether (sulfide) groups is 1. The van der Waals surface area contributed by atoms with Gasteiger partial charge in [0.05, 0.1) is 6.10 Å². The third-order valence-electron chi connectivity index (χ3n) is 3.18. The molecule has 1 unspecified atom stereocenters. The van der Waals surface area contributed by atoms with Crippen molar-refractivity contribution in [2.24, 2.45) is 0 Å². The van der Waals surface area contributed by atoms with Crippen LogP contribution in [0.3, 0.4) is 0 Å². The number of aromatic nitrogens is 2. The van der Waals surface area contributed by atoms with Gasteiger partial charge in [0.2, 0.25) is 0 Å². The van der Waals surface area contributed by atoms with Gasteiger partial charge in [0.1, 0.15) is 17.2 Å². The minimum Gasteiger partial charge on any atom is -0.377 e. The van der Waals surface area contributed by atoms with Crippen molar-refractivity contribution >= 4 is 17.6 Å². The smallest absolute Gasteiger partial charge is 0.133 e. The number of hydrogen-bond donors (Lipinski definition) is 1. The predicted molar refractivity (Wildman–Crippen MR) is 79.9 cm³/mol. The van der Waals surface area contributed by atoms with Gasteiger partial charge < -0.3 is 10.1 Å². The average molecular weight is 281 g/mol. The van der Waals surface area contributed by atoms with Crippen molar-refractivity contribution in [3.63, 3.8) is 0 Å².